The van der Waals surface area contributed by atoms with Crippen LogP contribution in [0.1, 0.15) is 5.56 Å². The second kappa shape index (κ2) is 7.53. The van der Waals surface area contributed by atoms with Crippen LogP contribution in [-0.2, 0) is 14.3 Å². The van der Waals surface area contributed by atoms with Crippen molar-refractivity contribution < 1.29 is 24.2 Å². The molecule has 126 valence electrons. The SMILES string of the molecule is C#Cc1cc(NC2=C(C(=O)OC)CN(CCO)C2=O)ccc1OC. The molecule has 0 unspecified atom stereocenters. The van der Waals surface area contributed by atoms with Crippen molar-refractivity contribution in [3.05, 3.63) is 35.0 Å². The number of ether oxygens (including phenoxy) is 2. The molecule has 0 saturated heterocycles. The molecule has 0 radical (unpaired) electrons. The predicted molar refractivity (Wildman–Crippen MR) is 87.3 cm³/mol. The second-order valence-corrected chi connectivity index (χ2v) is 4.98. The van der Waals surface area contributed by atoms with E-state index in [-0.39, 0.29) is 36.9 Å². The maximum Gasteiger partial charge on any atom is 0.337 e. The van der Waals surface area contributed by atoms with Gasteiger partial charge in [-0.25, -0.2) is 4.79 Å². The van der Waals surface area contributed by atoms with Gasteiger partial charge in [0, 0.05) is 12.2 Å². The van der Waals surface area contributed by atoms with Crippen LogP contribution in [0.2, 0.25) is 0 Å². The Balaban J connectivity index is 2.35. The van der Waals surface area contributed by atoms with Crippen LogP contribution in [0.4, 0.5) is 5.69 Å². The number of carbonyl (C=O) groups is 2. The van der Waals surface area contributed by atoms with Crippen molar-refractivity contribution in [1.82, 2.24) is 4.90 Å². The number of anilines is 1. The number of benzene rings is 1. The average molecular weight is 330 g/mol. The zero-order valence-electron chi connectivity index (χ0n) is 13.5. The van der Waals surface area contributed by atoms with Crippen LogP contribution in [-0.4, -0.2) is 55.8 Å². The molecular weight excluding hydrogens is 312 g/mol. The number of aliphatic hydroxyl groups excluding tert-OH is 1. The van der Waals surface area contributed by atoms with Gasteiger partial charge in [-0.1, -0.05) is 5.92 Å². The van der Waals surface area contributed by atoms with Crippen LogP contribution in [0.5, 0.6) is 5.75 Å². The second-order valence-electron chi connectivity index (χ2n) is 4.98. The number of aliphatic hydroxyl groups is 1. The summed E-state index contributed by atoms with van der Waals surface area (Å²) < 4.78 is 9.88. The van der Waals surface area contributed by atoms with Gasteiger partial charge >= 0.3 is 5.97 Å². The highest BCUT2D eigenvalue weighted by Gasteiger charge is 2.34. The molecule has 1 aliphatic heterocycles. The summed E-state index contributed by atoms with van der Waals surface area (Å²) in [4.78, 5) is 25.7. The van der Waals surface area contributed by atoms with E-state index in [2.05, 4.69) is 11.2 Å². The predicted octanol–water partition coefficient (Wildman–Crippen LogP) is 0.350. The van der Waals surface area contributed by atoms with Gasteiger partial charge in [0.25, 0.3) is 5.91 Å². The van der Waals surface area contributed by atoms with Gasteiger partial charge in [-0.15, -0.1) is 6.42 Å². The molecule has 24 heavy (non-hydrogen) atoms. The summed E-state index contributed by atoms with van der Waals surface area (Å²) in [5.41, 5.74) is 1.37. The molecule has 1 amide bonds. The van der Waals surface area contributed by atoms with E-state index >= 15 is 0 Å². The van der Waals surface area contributed by atoms with E-state index in [4.69, 9.17) is 21.0 Å². The lowest BCUT2D eigenvalue weighted by molar-refractivity contribution is -0.136. The first-order valence-electron chi connectivity index (χ1n) is 7.19. The van der Waals surface area contributed by atoms with Crippen molar-refractivity contribution in [1.29, 1.82) is 0 Å². The molecule has 0 aliphatic carbocycles. The zero-order chi connectivity index (χ0) is 17.7. The minimum Gasteiger partial charge on any atom is -0.495 e. The maximum atomic E-state index is 12.4. The number of hydrogen-bond acceptors (Lipinski definition) is 6. The Hall–Kier alpha value is -2.98. The van der Waals surface area contributed by atoms with Crippen LogP contribution < -0.4 is 10.1 Å². The molecule has 0 bridgehead atoms. The largest absolute Gasteiger partial charge is 0.495 e. The highest BCUT2D eigenvalue weighted by Crippen LogP contribution is 2.26. The van der Waals surface area contributed by atoms with Gasteiger partial charge in [0.15, 0.2) is 0 Å². The molecule has 7 nitrogen and oxygen atoms in total. The molecule has 1 aliphatic rings. The van der Waals surface area contributed by atoms with Crippen LogP contribution in [0.3, 0.4) is 0 Å². The summed E-state index contributed by atoms with van der Waals surface area (Å²) in [5.74, 6) is 2.04. The average Bonchev–Trinajstić information content (AvgIpc) is 2.91. The summed E-state index contributed by atoms with van der Waals surface area (Å²) in [5, 5.41) is 12.0. The minimum atomic E-state index is -0.600. The molecule has 2 rings (SSSR count). The highest BCUT2D eigenvalue weighted by molar-refractivity contribution is 6.08. The maximum absolute atomic E-state index is 12.4. The zero-order valence-corrected chi connectivity index (χ0v) is 13.5. The van der Waals surface area contributed by atoms with Gasteiger partial charge in [-0.2, -0.15) is 0 Å². The van der Waals surface area contributed by atoms with Crippen LogP contribution in [0.25, 0.3) is 0 Å². The fraction of sp³-hybridized carbons (Fsp3) is 0.294. The lowest BCUT2D eigenvalue weighted by Gasteiger charge is -2.15. The number of esters is 1. The van der Waals surface area contributed by atoms with Crippen molar-refractivity contribution in [2.24, 2.45) is 0 Å². The Morgan fingerprint density at radius 3 is 2.79 bits per heavy atom. The molecule has 0 aromatic heterocycles. The fourth-order valence-electron chi connectivity index (χ4n) is 2.39. The third-order valence-electron chi connectivity index (χ3n) is 3.58. The van der Waals surface area contributed by atoms with Gasteiger partial charge in [0.2, 0.25) is 0 Å². The Kier molecular flexibility index (Phi) is 5.45. The van der Waals surface area contributed by atoms with Crippen LogP contribution in [0, 0.1) is 12.3 Å². The Morgan fingerprint density at radius 2 is 2.21 bits per heavy atom. The monoisotopic (exact) mass is 330 g/mol. The number of carbonyl (C=O) groups excluding carboxylic acids is 2. The molecule has 1 aromatic carbocycles. The van der Waals surface area contributed by atoms with Crippen molar-refractivity contribution in [2.75, 3.05) is 39.2 Å². The van der Waals surface area contributed by atoms with E-state index in [9.17, 15) is 9.59 Å². The van der Waals surface area contributed by atoms with E-state index in [1.54, 1.807) is 18.2 Å². The van der Waals surface area contributed by atoms with E-state index in [1.807, 2.05) is 0 Å². The first-order valence-corrected chi connectivity index (χ1v) is 7.19. The minimum absolute atomic E-state index is 0.0759. The summed E-state index contributed by atoms with van der Waals surface area (Å²) in [6.07, 6.45) is 5.44. The first kappa shape index (κ1) is 17.4. The molecule has 1 heterocycles. The van der Waals surface area contributed by atoms with Gasteiger partial charge in [-0.05, 0) is 18.2 Å². The number of nitrogens with zero attached hydrogens (tertiary/aromatic N) is 1. The molecule has 0 saturated carbocycles. The fourth-order valence-corrected chi connectivity index (χ4v) is 2.39. The number of amides is 1. The number of β-amino-alcohol motifs (C(OH)–C–C–N with tert-alkyl or cyclic N) is 1. The van der Waals surface area contributed by atoms with Crippen molar-refractivity contribution in [2.45, 2.75) is 0 Å². The third kappa shape index (κ3) is 3.34. The third-order valence-corrected chi connectivity index (χ3v) is 3.58. The molecule has 0 atom stereocenters. The van der Waals surface area contributed by atoms with Gasteiger partial charge < -0.3 is 24.8 Å². The normalized spacial score (nSPS) is 13.8. The Labute approximate surface area is 139 Å². The van der Waals surface area contributed by atoms with Crippen LogP contribution >= 0.6 is 0 Å². The van der Waals surface area contributed by atoms with Crippen LogP contribution in [0.15, 0.2) is 29.5 Å². The van der Waals surface area contributed by atoms with Gasteiger partial charge in [0.1, 0.15) is 11.4 Å². The summed E-state index contributed by atoms with van der Waals surface area (Å²) in [7, 11) is 2.75. The number of nitrogens with one attached hydrogen (secondary N) is 1. The highest BCUT2D eigenvalue weighted by atomic mass is 16.5. The number of rotatable bonds is 6. The van der Waals surface area contributed by atoms with E-state index in [0.717, 1.165) is 0 Å². The molecular formula is C17H18N2O5. The lowest BCUT2D eigenvalue weighted by atomic mass is 10.1. The number of terminal acetylenes is 1. The standard InChI is InChI=1S/C17H18N2O5/c1-4-11-9-12(5-6-14(11)23-2)18-15-13(17(22)24-3)10-19(7-8-20)16(15)21/h1,5-6,9,18,20H,7-8,10H2,2-3H3. The van der Waals surface area contributed by atoms with Crippen molar-refractivity contribution in [3.63, 3.8) is 0 Å². The lowest BCUT2D eigenvalue weighted by Crippen LogP contribution is -2.31. The Bertz CT molecular complexity index is 733. The quantitative estimate of drug-likeness (QED) is 0.578. The molecule has 7 heteroatoms. The van der Waals surface area contributed by atoms with Crippen molar-refractivity contribution >= 4 is 17.6 Å². The van der Waals surface area contributed by atoms with E-state index < -0.39 is 5.97 Å². The summed E-state index contributed by atoms with van der Waals surface area (Å²) in [6, 6.07) is 4.99. The first-order chi connectivity index (χ1) is 11.5. The number of hydrogen-bond donors (Lipinski definition) is 2. The molecule has 0 fully saturated rings. The smallest absolute Gasteiger partial charge is 0.337 e. The molecule has 0 spiro atoms. The summed E-state index contributed by atoms with van der Waals surface area (Å²) in [6.45, 7) is 0.00647. The topological polar surface area (TPSA) is 88.1 Å². The Morgan fingerprint density at radius 1 is 1.46 bits per heavy atom. The van der Waals surface area contributed by atoms with Gasteiger partial charge in [0.05, 0.1) is 38.5 Å². The molecule has 1 aromatic rings. The van der Waals surface area contributed by atoms with Gasteiger partial charge in [-0.3, -0.25) is 4.79 Å². The number of methoxy groups -OCH3 is 2. The van der Waals surface area contributed by atoms with E-state index in [1.165, 1.54) is 19.1 Å². The summed E-state index contributed by atoms with van der Waals surface area (Å²) >= 11 is 0. The molecule has 2 N–H and O–H groups in total. The van der Waals surface area contributed by atoms with E-state index in [0.29, 0.717) is 17.0 Å². The van der Waals surface area contributed by atoms with Crippen molar-refractivity contribution in [3.8, 4) is 18.1 Å².